The lowest BCUT2D eigenvalue weighted by molar-refractivity contribution is 0.412. The van der Waals surface area contributed by atoms with E-state index in [9.17, 15) is 0 Å². The minimum Gasteiger partial charge on any atom is -0.496 e. The van der Waals surface area contributed by atoms with Gasteiger partial charge in [-0.15, -0.1) is 0 Å². The summed E-state index contributed by atoms with van der Waals surface area (Å²) in [6.07, 6.45) is 0. The molecule has 0 aromatic heterocycles. The average Bonchev–Trinajstić information content (AvgIpc) is 2.98. The highest BCUT2D eigenvalue weighted by atomic mass is 79.9. The van der Waals surface area contributed by atoms with Gasteiger partial charge in [0.25, 0.3) is 0 Å². The van der Waals surface area contributed by atoms with Crippen LogP contribution in [-0.2, 0) is 0 Å². The van der Waals surface area contributed by atoms with E-state index in [0.717, 1.165) is 32.9 Å². The molecule has 0 saturated carbocycles. The van der Waals surface area contributed by atoms with Crippen molar-refractivity contribution >= 4 is 27.5 Å². The maximum absolute atomic E-state index is 5.31. The van der Waals surface area contributed by atoms with Crippen LogP contribution in [0.3, 0.4) is 0 Å². The SMILES string of the molecule is COc1cc(C2=NCC(c3ccccc3)=N2)ccc1Br. The van der Waals surface area contributed by atoms with E-state index in [-0.39, 0.29) is 0 Å². The van der Waals surface area contributed by atoms with Crippen LogP contribution in [-0.4, -0.2) is 25.2 Å². The number of nitrogens with zero attached hydrogens (tertiary/aromatic N) is 2. The van der Waals surface area contributed by atoms with Crippen molar-refractivity contribution in [2.45, 2.75) is 0 Å². The zero-order valence-corrected chi connectivity index (χ0v) is 12.6. The molecule has 0 atom stereocenters. The number of methoxy groups -OCH3 is 1. The van der Waals surface area contributed by atoms with Crippen molar-refractivity contribution in [2.24, 2.45) is 9.98 Å². The third-order valence-corrected chi connectivity index (χ3v) is 3.79. The van der Waals surface area contributed by atoms with Gasteiger partial charge in [0.2, 0.25) is 0 Å². The lowest BCUT2D eigenvalue weighted by Gasteiger charge is -2.05. The molecule has 0 fully saturated rings. The first-order valence-corrected chi connectivity index (χ1v) is 7.08. The first-order chi connectivity index (χ1) is 9.78. The van der Waals surface area contributed by atoms with Crippen molar-refractivity contribution in [3.05, 3.63) is 64.1 Å². The molecule has 1 heterocycles. The molecule has 3 nitrogen and oxygen atoms in total. The molecule has 20 heavy (non-hydrogen) atoms. The Morgan fingerprint density at radius 1 is 1.05 bits per heavy atom. The highest BCUT2D eigenvalue weighted by Gasteiger charge is 2.14. The van der Waals surface area contributed by atoms with Crippen LogP contribution >= 0.6 is 15.9 Å². The van der Waals surface area contributed by atoms with Crippen molar-refractivity contribution in [1.29, 1.82) is 0 Å². The van der Waals surface area contributed by atoms with E-state index >= 15 is 0 Å². The summed E-state index contributed by atoms with van der Waals surface area (Å²) in [5.41, 5.74) is 3.09. The molecule has 0 N–H and O–H groups in total. The van der Waals surface area contributed by atoms with E-state index in [1.165, 1.54) is 0 Å². The lowest BCUT2D eigenvalue weighted by Crippen LogP contribution is -2.01. The van der Waals surface area contributed by atoms with Crippen LogP contribution in [0.5, 0.6) is 5.75 Å². The quantitative estimate of drug-likeness (QED) is 0.845. The Bertz CT molecular complexity index is 693. The van der Waals surface area contributed by atoms with Gasteiger partial charge in [-0.3, -0.25) is 4.99 Å². The summed E-state index contributed by atoms with van der Waals surface area (Å²) in [7, 11) is 1.65. The second kappa shape index (κ2) is 5.59. The number of benzene rings is 2. The molecule has 1 aliphatic heterocycles. The molecule has 2 aromatic carbocycles. The first kappa shape index (κ1) is 13.1. The van der Waals surface area contributed by atoms with Gasteiger partial charge in [0, 0.05) is 5.56 Å². The van der Waals surface area contributed by atoms with Gasteiger partial charge < -0.3 is 4.74 Å². The monoisotopic (exact) mass is 328 g/mol. The smallest absolute Gasteiger partial charge is 0.155 e. The van der Waals surface area contributed by atoms with Crippen LogP contribution in [0, 0.1) is 0 Å². The number of ether oxygens (including phenoxy) is 1. The normalized spacial score (nSPS) is 13.9. The molecule has 0 saturated heterocycles. The van der Waals surface area contributed by atoms with Crippen LogP contribution in [0.2, 0.25) is 0 Å². The van der Waals surface area contributed by atoms with E-state index in [2.05, 4.69) is 38.0 Å². The third kappa shape index (κ3) is 2.51. The maximum Gasteiger partial charge on any atom is 0.155 e. The van der Waals surface area contributed by atoms with Crippen molar-refractivity contribution in [3.63, 3.8) is 0 Å². The Morgan fingerprint density at radius 2 is 1.85 bits per heavy atom. The summed E-state index contributed by atoms with van der Waals surface area (Å²) in [6, 6.07) is 16.0. The van der Waals surface area contributed by atoms with Gasteiger partial charge in [0.05, 0.1) is 23.8 Å². The molecule has 0 amide bonds. The summed E-state index contributed by atoms with van der Waals surface area (Å²) >= 11 is 3.45. The van der Waals surface area contributed by atoms with Gasteiger partial charge >= 0.3 is 0 Å². The molecule has 0 aliphatic carbocycles. The number of aliphatic imine (C=N–C) groups is 2. The molecule has 0 unspecified atom stereocenters. The van der Waals surface area contributed by atoms with Gasteiger partial charge in [0.1, 0.15) is 5.75 Å². The molecule has 0 bridgehead atoms. The molecule has 100 valence electrons. The zero-order chi connectivity index (χ0) is 13.9. The molecule has 1 aliphatic rings. The van der Waals surface area contributed by atoms with Gasteiger partial charge in [-0.2, -0.15) is 0 Å². The van der Waals surface area contributed by atoms with Crippen LogP contribution in [0.25, 0.3) is 0 Å². The Morgan fingerprint density at radius 3 is 2.60 bits per heavy atom. The fraction of sp³-hybridized carbons (Fsp3) is 0.125. The summed E-state index contributed by atoms with van der Waals surface area (Å²) < 4.78 is 6.23. The Balaban J connectivity index is 1.91. The maximum atomic E-state index is 5.31. The largest absolute Gasteiger partial charge is 0.496 e. The molecule has 2 aromatic rings. The average molecular weight is 329 g/mol. The van der Waals surface area contributed by atoms with Crippen molar-refractivity contribution in [3.8, 4) is 5.75 Å². The second-order valence-corrected chi connectivity index (χ2v) is 5.27. The van der Waals surface area contributed by atoms with Crippen LogP contribution in [0.15, 0.2) is 63.0 Å². The fourth-order valence-corrected chi connectivity index (χ4v) is 2.50. The summed E-state index contributed by atoms with van der Waals surface area (Å²) in [5.74, 6) is 1.54. The highest BCUT2D eigenvalue weighted by Crippen LogP contribution is 2.26. The fourth-order valence-electron chi connectivity index (χ4n) is 2.09. The van der Waals surface area contributed by atoms with Crippen LogP contribution in [0.4, 0.5) is 0 Å². The van der Waals surface area contributed by atoms with E-state index in [4.69, 9.17) is 4.74 Å². The number of hydrogen-bond donors (Lipinski definition) is 0. The molecule has 4 heteroatoms. The van der Waals surface area contributed by atoms with Crippen molar-refractivity contribution in [2.75, 3.05) is 13.7 Å². The number of rotatable bonds is 3. The summed E-state index contributed by atoms with van der Waals surface area (Å²) in [4.78, 5) is 9.14. The van der Waals surface area contributed by atoms with E-state index in [1.54, 1.807) is 7.11 Å². The third-order valence-electron chi connectivity index (χ3n) is 3.14. The standard InChI is InChI=1S/C16H13BrN2O/c1-20-15-9-12(7-8-13(15)17)16-18-10-14(19-16)11-5-3-2-4-6-11/h2-9H,10H2,1H3. The molecule has 0 radical (unpaired) electrons. The van der Waals surface area contributed by atoms with E-state index in [0.29, 0.717) is 6.54 Å². The predicted molar refractivity (Wildman–Crippen MR) is 85.1 cm³/mol. The zero-order valence-electron chi connectivity index (χ0n) is 11.0. The minimum absolute atomic E-state index is 0.623. The summed E-state index contributed by atoms with van der Waals surface area (Å²) in [6.45, 7) is 0.623. The topological polar surface area (TPSA) is 34.0 Å². The van der Waals surface area contributed by atoms with E-state index < -0.39 is 0 Å². The van der Waals surface area contributed by atoms with Gasteiger partial charge in [-0.05, 0) is 39.7 Å². The van der Waals surface area contributed by atoms with Crippen molar-refractivity contribution in [1.82, 2.24) is 0 Å². The van der Waals surface area contributed by atoms with Crippen LogP contribution in [0.1, 0.15) is 11.1 Å². The van der Waals surface area contributed by atoms with Gasteiger partial charge in [-0.25, -0.2) is 4.99 Å². The highest BCUT2D eigenvalue weighted by molar-refractivity contribution is 9.10. The number of hydrogen-bond acceptors (Lipinski definition) is 3. The summed E-state index contributed by atoms with van der Waals surface area (Å²) in [5, 5.41) is 0. The second-order valence-electron chi connectivity index (χ2n) is 4.41. The molecular formula is C16H13BrN2O. The van der Waals surface area contributed by atoms with Gasteiger partial charge in [-0.1, -0.05) is 30.3 Å². The predicted octanol–water partition coefficient (Wildman–Crippen LogP) is 3.71. The Labute approximate surface area is 126 Å². The van der Waals surface area contributed by atoms with Crippen molar-refractivity contribution < 1.29 is 4.74 Å². The Hall–Kier alpha value is -1.94. The number of halogens is 1. The van der Waals surface area contributed by atoms with Gasteiger partial charge in [0.15, 0.2) is 5.84 Å². The molecular weight excluding hydrogens is 316 g/mol. The minimum atomic E-state index is 0.623. The van der Waals surface area contributed by atoms with Crippen LogP contribution < -0.4 is 4.74 Å². The lowest BCUT2D eigenvalue weighted by atomic mass is 10.1. The first-order valence-electron chi connectivity index (χ1n) is 6.29. The molecule has 0 spiro atoms. The number of amidine groups is 1. The van der Waals surface area contributed by atoms with E-state index in [1.807, 2.05) is 36.4 Å². The Kier molecular flexibility index (Phi) is 3.65. The molecule has 3 rings (SSSR count).